The van der Waals surface area contributed by atoms with Gasteiger partial charge in [0.2, 0.25) is 0 Å². The summed E-state index contributed by atoms with van der Waals surface area (Å²) in [6, 6.07) is 5.80. The lowest BCUT2D eigenvalue weighted by Gasteiger charge is -2.31. The van der Waals surface area contributed by atoms with E-state index in [4.69, 9.17) is 0 Å². The molecule has 0 aromatic carbocycles. The number of carbonyl (C=O) groups is 1. The van der Waals surface area contributed by atoms with Crippen molar-refractivity contribution >= 4 is 11.6 Å². The molecule has 3 heterocycles. The maximum absolute atomic E-state index is 11.7. The van der Waals surface area contributed by atoms with Crippen molar-refractivity contribution in [3.05, 3.63) is 36.3 Å². The van der Waals surface area contributed by atoms with Crippen molar-refractivity contribution in [2.24, 2.45) is 5.92 Å². The summed E-state index contributed by atoms with van der Waals surface area (Å²) in [5, 5.41) is 0. The molecule has 2 aromatic rings. The van der Waals surface area contributed by atoms with Gasteiger partial charge in [0.15, 0.2) is 5.82 Å². The van der Waals surface area contributed by atoms with Crippen molar-refractivity contribution in [2.75, 3.05) is 18.0 Å². The van der Waals surface area contributed by atoms with Gasteiger partial charge in [-0.2, -0.15) is 0 Å². The summed E-state index contributed by atoms with van der Waals surface area (Å²) < 4.78 is 0. The van der Waals surface area contributed by atoms with Crippen LogP contribution in [0, 0.1) is 12.8 Å². The van der Waals surface area contributed by atoms with Crippen molar-refractivity contribution in [2.45, 2.75) is 20.3 Å². The van der Waals surface area contributed by atoms with Crippen LogP contribution in [0.15, 0.2) is 30.6 Å². The van der Waals surface area contributed by atoms with Gasteiger partial charge in [-0.3, -0.25) is 9.78 Å². The lowest BCUT2D eigenvalue weighted by atomic mass is 9.99. The van der Waals surface area contributed by atoms with E-state index in [1.54, 1.807) is 12.4 Å². The summed E-state index contributed by atoms with van der Waals surface area (Å²) >= 11 is 0. The first kappa shape index (κ1) is 13.7. The minimum Gasteiger partial charge on any atom is -0.355 e. The standard InChI is InChI=1S/C16H18N4O/c1-11-10-20(7-5-14(11)21)15-8-12(2)18-16(19-15)13-4-3-6-17-9-13/h3-4,6,8-9,11H,5,7,10H2,1-2H3. The van der Waals surface area contributed by atoms with Gasteiger partial charge in [-0.1, -0.05) is 6.92 Å². The Labute approximate surface area is 124 Å². The molecule has 0 N–H and O–H groups in total. The van der Waals surface area contributed by atoms with Gasteiger partial charge in [0.1, 0.15) is 11.6 Å². The summed E-state index contributed by atoms with van der Waals surface area (Å²) in [6.07, 6.45) is 4.09. The monoisotopic (exact) mass is 282 g/mol. The van der Waals surface area contributed by atoms with Gasteiger partial charge in [0, 0.05) is 55.1 Å². The van der Waals surface area contributed by atoms with E-state index in [9.17, 15) is 4.79 Å². The number of aryl methyl sites for hydroxylation is 1. The van der Waals surface area contributed by atoms with Crippen molar-refractivity contribution in [3.8, 4) is 11.4 Å². The predicted molar refractivity (Wildman–Crippen MR) is 81.0 cm³/mol. The van der Waals surface area contributed by atoms with Crippen LogP contribution in [0.5, 0.6) is 0 Å². The highest BCUT2D eigenvalue weighted by Gasteiger charge is 2.24. The van der Waals surface area contributed by atoms with Crippen molar-refractivity contribution in [1.82, 2.24) is 15.0 Å². The Morgan fingerprint density at radius 1 is 1.33 bits per heavy atom. The predicted octanol–water partition coefficient (Wildman–Crippen LogP) is 2.26. The third kappa shape index (κ3) is 2.91. The van der Waals surface area contributed by atoms with Crippen LogP contribution >= 0.6 is 0 Å². The van der Waals surface area contributed by atoms with E-state index in [0.29, 0.717) is 18.0 Å². The first-order chi connectivity index (χ1) is 10.1. The van der Waals surface area contributed by atoms with Gasteiger partial charge in [-0.05, 0) is 19.1 Å². The second-order valence-corrected chi connectivity index (χ2v) is 5.50. The highest BCUT2D eigenvalue weighted by molar-refractivity contribution is 5.83. The molecule has 3 rings (SSSR count). The van der Waals surface area contributed by atoms with Crippen LogP contribution in [0.4, 0.5) is 5.82 Å². The van der Waals surface area contributed by atoms with E-state index < -0.39 is 0 Å². The van der Waals surface area contributed by atoms with Crippen LogP contribution in [-0.4, -0.2) is 33.8 Å². The first-order valence-electron chi connectivity index (χ1n) is 7.17. The SMILES string of the molecule is Cc1cc(N2CCC(=O)C(C)C2)nc(-c2cccnc2)n1. The van der Waals surface area contributed by atoms with Crippen LogP contribution in [0.25, 0.3) is 11.4 Å². The molecular weight excluding hydrogens is 264 g/mol. The zero-order valence-electron chi connectivity index (χ0n) is 12.3. The molecule has 1 unspecified atom stereocenters. The molecule has 1 saturated heterocycles. The minimum absolute atomic E-state index is 0.0656. The Kier molecular flexibility index (Phi) is 3.64. The number of rotatable bonds is 2. The number of piperidine rings is 1. The number of carbonyl (C=O) groups excluding carboxylic acids is 1. The molecule has 1 aliphatic rings. The molecule has 0 amide bonds. The maximum Gasteiger partial charge on any atom is 0.163 e. The lowest BCUT2D eigenvalue weighted by molar-refractivity contribution is -0.122. The molecule has 1 atom stereocenters. The molecule has 2 aromatic heterocycles. The fraction of sp³-hybridized carbons (Fsp3) is 0.375. The van der Waals surface area contributed by atoms with Crippen LogP contribution in [-0.2, 0) is 4.79 Å². The van der Waals surface area contributed by atoms with Crippen LogP contribution in [0.3, 0.4) is 0 Å². The Morgan fingerprint density at radius 2 is 2.19 bits per heavy atom. The fourth-order valence-electron chi connectivity index (χ4n) is 2.56. The number of pyridine rings is 1. The zero-order valence-corrected chi connectivity index (χ0v) is 12.3. The number of nitrogens with zero attached hydrogens (tertiary/aromatic N) is 4. The van der Waals surface area contributed by atoms with Gasteiger partial charge < -0.3 is 4.90 Å². The van der Waals surface area contributed by atoms with E-state index in [0.717, 1.165) is 30.2 Å². The summed E-state index contributed by atoms with van der Waals surface area (Å²) in [6.45, 7) is 5.39. The Hall–Kier alpha value is -2.30. The number of aromatic nitrogens is 3. The number of hydrogen-bond donors (Lipinski definition) is 0. The van der Waals surface area contributed by atoms with E-state index in [-0.39, 0.29) is 5.92 Å². The van der Waals surface area contributed by atoms with Crippen molar-refractivity contribution in [3.63, 3.8) is 0 Å². The van der Waals surface area contributed by atoms with Crippen molar-refractivity contribution in [1.29, 1.82) is 0 Å². The quantitative estimate of drug-likeness (QED) is 0.845. The minimum atomic E-state index is 0.0656. The molecule has 0 spiro atoms. The van der Waals surface area contributed by atoms with Crippen LogP contribution < -0.4 is 4.90 Å². The molecular formula is C16H18N4O. The summed E-state index contributed by atoms with van der Waals surface area (Å²) in [7, 11) is 0. The van der Waals surface area contributed by atoms with Gasteiger partial charge >= 0.3 is 0 Å². The van der Waals surface area contributed by atoms with E-state index in [2.05, 4.69) is 19.9 Å². The summed E-state index contributed by atoms with van der Waals surface area (Å²) in [5.74, 6) is 1.98. The Morgan fingerprint density at radius 3 is 2.90 bits per heavy atom. The number of ketones is 1. The fourth-order valence-corrected chi connectivity index (χ4v) is 2.56. The van der Waals surface area contributed by atoms with Gasteiger partial charge in [0.25, 0.3) is 0 Å². The first-order valence-corrected chi connectivity index (χ1v) is 7.17. The lowest BCUT2D eigenvalue weighted by Crippen LogP contribution is -2.40. The van der Waals surface area contributed by atoms with Gasteiger partial charge in [0.05, 0.1) is 0 Å². The van der Waals surface area contributed by atoms with E-state index >= 15 is 0 Å². The molecule has 5 nitrogen and oxygen atoms in total. The third-order valence-electron chi connectivity index (χ3n) is 3.76. The molecule has 0 bridgehead atoms. The molecule has 1 aliphatic heterocycles. The average molecular weight is 282 g/mol. The summed E-state index contributed by atoms with van der Waals surface area (Å²) in [4.78, 5) is 27.1. The van der Waals surface area contributed by atoms with Gasteiger partial charge in [-0.25, -0.2) is 9.97 Å². The molecule has 5 heteroatoms. The van der Waals surface area contributed by atoms with E-state index in [1.165, 1.54) is 0 Å². The molecule has 21 heavy (non-hydrogen) atoms. The maximum atomic E-state index is 11.7. The Balaban J connectivity index is 1.93. The topological polar surface area (TPSA) is 59.0 Å². The number of Topliss-reactive ketones (excluding diaryl/α,β-unsaturated/α-hetero) is 1. The second kappa shape index (κ2) is 5.60. The summed E-state index contributed by atoms with van der Waals surface area (Å²) in [5.41, 5.74) is 1.83. The Bertz CT molecular complexity index is 657. The van der Waals surface area contributed by atoms with Gasteiger partial charge in [-0.15, -0.1) is 0 Å². The van der Waals surface area contributed by atoms with E-state index in [1.807, 2.05) is 32.0 Å². The molecule has 0 aliphatic carbocycles. The third-order valence-corrected chi connectivity index (χ3v) is 3.76. The molecule has 108 valence electrons. The number of anilines is 1. The molecule has 1 fully saturated rings. The molecule has 0 saturated carbocycles. The highest BCUT2D eigenvalue weighted by Crippen LogP contribution is 2.23. The largest absolute Gasteiger partial charge is 0.355 e. The zero-order chi connectivity index (χ0) is 14.8. The number of hydrogen-bond acceptors (Lipinski definition) is 5. The van der Waals surface area contributed by atoms with Crippen LogP contribution in [0.2, 0.25) is 0 Å². The molecule has 0 radical (unpaired) electrons. The van der Waals surface area contributed by atoms with Crippen LogP contribution in [0.1, 0.15) is 19.0 Å². The second-order valence-electron chi connectivity index (χ2n) is 5.50. The average Bonchev–Trinajstić information content (AvgIpc) is 2.50. The normalized spacial score (nSPS) is 18.9. The smallest absolute Gasteiger partial charge is 0.163 e. The highest BCUT2D eigenvalue weighted by atomic mass is 16.1. The van der Waals surface area contributed by atoms with Crippen molar-refractivity contribution < 1.29 is 4.79 Å².